The minimum atomic E-state index is -1.27. The molecule has 0 aliphatic carbocycles. The largest absolute Gasteiger partial charge is 0.481 e. The van der Waals surface area contributed by atoms with Gasteiger partial charge in [-0.2, -0.15) is 0 Å². The lowest BCUT2D eigenvalue weighted by Gasteiger charge is -2.21. The summed E-state index contributed by atoms with van der Waals surface area (Å²) in [6, 6.07) is -2.36. The standard InChI is InChI=1S/C10H18N2O5/c1-3-5(2)8(10(16)17)12-9(15)6(11)4-7(13)14/h5-6,8H,3-4,11H2,1-2H3,(H,12,15)(H,13,14)(H,16,17)/t5-,6-,8-/m0/s1/i/hD. The molecule has 0 rings (SSSR count). The highest BCUT2D eigenvalue weighted by Crippen LogP contribution is 2.08. The molecule has 0 radical (unpaired) electrons. The Balaban J connectivity index is 4.66. The summed E-state index contributed by atoms with van der Waals surface area (Å²) in [5.41, 5.74) is 1.80. The summed E-state index contributed by atoms with van der Waals surface area (Å²) in [4.78, 5) is 33.1. The number of nitrogens with two attached hydrogens (primary N) is 1. The molecule has 0 saturated carbocycles. The van der Waals surface area contributed by atoms with Gasteiger partial charge in [-0.1, -0.05) is 20.3 Å². The van der Waals surface area contributed by atoms with Gasteiger partial charge in [-0.15, -0.1) is 0 Å². The number of amides is 1. The van der Waals surface area contributed by atoms with Crippen molar-refractivity contribution in [2.75, 3.05) is 0 Å². The van der Waals surface area contributed by atoms with Crippen LogP contribution in [-0.4, -0.2) is 40.1 Å². The van der Waals surface area contributed by atoms with Crippen LogP contribution < -0.4 is 11.0 Å². The summed E-state index contributed by atoms with van der Waals surface area (Å²) in [6.45, 7) is 3.45. The van der Waals surface area contributed by atoms with Gasteiger partial charge >= 0.3 is 11.9 Å². The molecule has 0 heterocycles. The molecule has 7 heteroatoms. The quantitative estimate of drug-likeness (QED) is 0.453. The molecule has 0 bridgehead atoms. The molecule has 17 heavy (non-hydrogen) atoms. The smallest absolute Gasteiger partial charge is 0.326 e. The highest BCUT2D eigenvalue weighted by atomic mass is 16.4. The molecular weight excluding hydrogens is 228 g/mol. The van der Waals surface area contributed by atoms with Crippen molar-refractivity contribution in [3.63, 3.8) is 0 Å². The number of hydrogen-bond donors (Lipinski definition) is 4. The number of carbonyl (C=O) groups excluding carboxylic acids is 1. The van der Waals surface area contributed by atoms with Crippen LogP contribution in [0.2, 0.25) is 1.41 Å². The minimum absolute atomic E-state index is 0.289. The first-order valence-electron chi connectivity index (χ1n) is 5.75. The number of carboxylic acids is 2. The summed E-state index contributed by atoms with van der Waals surface area (Å²) < 4.78 is 6.87. The number of hydrogen-bond acceptors (Lipinski definition) is 4. The average Bonchev–Trinajstić information content (AvgIpc) is 2.30. The third kappa shape index (κ3) is 5.30. The fraction of sp³-hybridized carbons (Fsp3) is 0.700. The van der Waals surface area contributed by atoms with Crippen LogP contribution in [0.1, 0.15) is 26.7 Å². The lowest BCUT2D eigenvalue weighted by molar-refractivity contribution is -0.144. The van der Waals surface area contributed by atoms with Crippen LogP contribution in [0.5, 0.6) is 0 Å². The summed E-state index contributed by atoms with van der Waals surface area (Å²) in [7, 11) is 0. The fourth-order valence-electron chi connectivity index (χ4n) is 1.20. The molecule has 0 aliphatic heterocycles. The van der Waals surface area contributed by atoms with E-state index in [9.17, 15) is 14.4 Å². The molecule has 0 saturated heterocycles. The maximum atomic E-state index is 11.6. The summed E-state index contributed by atoms with van der Waals surface area (Å²) >= 11 is 0. The van der Waals surface area contributed by atoms with Crippen LogP contribution in [0.4, 0.5) is 0 Å². The first kappa shape index (κ1) is 13.4. The second-order valence-electron chi connectivity index (χ2n) is 3.86. The van der Waals surface area contributed by atoms with E-state index in [-0.39, 0.29) is 5.92 Å². The Morgan fingerprint density at radius 1 is 1.41 bits per heavy atom. The number of nitrogens with one attached hydrogen (secondary N) is 1. The molecule has 3 atom stereocenters. The third-order valence-electron chi connectivity index (χ3n) is 2.47. The molecule has 0 aromatic heterocycles. The second-order valence-corrected chi connectivity index (χ2v) is 3.86. The van der Waals surface area contributed by atoms with E-state index >= 15 is 0 Å². The molecule has 0 aliphatic rings. The number of carbonyl (C=O) groups is 3. The fourth-order valence-corrected chi connectivity index (χ4v) is 1.20. The molecule has 0 aromatic carbocycles. The molecule has 98 valence electrons. The van der Waals surface area contributed by atoms with E-state index < -0.39 is 36.4 Å². The summed E-state index contributed by atoms with van der Waals surface area (Å²) in [5.74, 6) is -3.52. The first-order valence-corrected chi connectivity index (χ1v) is 5.25. The second kappa shape index (κ2) is 6.85. The first-order chi connectivity index (χ1) is 8.33. The lowest BCUT2D eigenvalue weighted by Crippen LogP contribution is -2.51. The minimum Gasteiger partial charge on any atom is -0.481 e. The molecule has 7 nitrogen and oxygen atoms in total. The van der Waals surface area contributed by atoms with Crippen LogP contribution in [-0.2, 0) is 14.4 Å². The molecular formula is C10H18N2O5. The van der Waals surface area contributed by atoms with Gasteiger partial charge < -0.3 is 21.3 Å². The van der Waals surface area contributed by atoms with Gasteiger partial charge in [0.1, 0.15) is 7.45 Å². The Hall–Kier alpha value is -1.63. The van der Waals surface area contributed by atoms with Crippen molar-refractivity contribution in [2.45, 2.75) is 38.8 Å². The van der Waals surface area contributed by atoms with Gasteiger partial charge in [0.2, 0.25) is 5.91 Å². The van der Waals surface area contributed by atoms with Crippen LogP contribution in [0.3, 0.4) is 0 Å². The Morgan fingerprint density at radius 3 is 2.35 bits per heavy atom. The van der Waals surface area contributed by atoms with E-state index in [0.717, 1.165) is 0 Å². The average molecular weight is 247 g/mol. The third-order valence-corrected chi connectivity index (χ3v) is 2.47. The van der Waals surface area contributed by atoms with Crippen molar-refractivity contribution in [1.82, 2.24) is 5.32 Å². The van der Waals surface area contributed by atoms with E-state index in [0.29, 0.717) is 6.42 Å². The number of aliphatic carboxylic acids is 2. The van der Waals surface area contributed by atoms with Gasteiger partial charge in [0.05, 0.1) is 12.5 Å². The summed E-state index contributed by atoms with van der Waals surface area (Å²) in [6.07, 6.45) is -0.0304. The van der Waals surface area contributed by atoms with Crippen LogP contribution in [0.25, 0.3) is 0 Å². The normalized spacial score (nSPS) is 16.5. The highest BCUT2D eigenvalue weighted by molar-refractivity contribution is 5.89. The van der Waals surface area contributed by atoms with Crippen molar-refractivity contribution in [2.24, 2.45) is 11.6 Å². The molecule has 5 N–H and O–H groups in total. The Morgan fingerprint density at radius 2 is 2.00 bits per heavy atom. The zero-order valence-electron chi connectivity index (χ0n) is 10.8. The van der Waals surface area contributed by atoms with Gasteiger partial charge in [0.15, 0.2) is 0 Å². The van der Waals surface area contributed by atoms with Crippen molar-refractivity contribution < 1.29 is 26.0 Å². The van der Waals surface area contributed by atoms with Gasteiger partial charge in [0, 0.05) is 0 Å². The molecule has 0 fully saturated rings. The van der Waals surface area contributed by atoms with Gasteiger partial charge in [-0.3, -0.25) is 9.59 Å². The number of rotatable bonds is 8. The molecule has 0 spiro atoms. The lowest BCUT2D eigenvalue weighted by atomic mass is 9.99. The van der Waals surface area contributed by atoms with Crippen molar-refractivity contribution >= 4 is 17.8 Å². The Bertz CT molecular complexity index is 323. The van der Waals surface area contributed by atoms with Gasteiger partial charge in [-0.05, 0) is 5.92 Å². The van der Waals surface area contributed by atoms with E-state index in [4.69, 9.17) is 11.6 Å². The SMILES string of the molecule is [2H]N[C@@H](CC(=O)O)C(=O)N[C@H](C(=O)O)[C@@H](C)CC. The monoisotopic (exact) mass is 247 g/mol. The van der Waals surface area contributed by atoms with Crippen molar-refractivity contribution in [1.29, 1.82) is 0 Å². The van der Waals surface area contributed by atoms with Crippen LogP contribution in [0, 0.1) is 5.92 Å². The number of carboxylic acid groups (broad SMARTS) is 2. The maximum absolute atomic E-state index is 11.6. The molecule has 0 unspecified atom stereocenters. The van der Waals surface area contributed by atoms with Gasteiger partial charge in [-0.25, -0.2) is 4.79 Å². The predicted molar refractivity (Wildman–Crippen MR) is 59.2 cm³/mol. The van der Waals surface area contributed by atoms with Crippen LogP contribution in [0.15, 0.2) is 0 Å². The topological polar surface area (TPSA) is 130 Å². The molecule has 0 aromatic rings. The van der Waals surface area contributed by atoms with E-state index in [1.807, 2.05) is 0 Å². The van der Waals surface area contributed by atoms with Crippen molar-refractivity contribution in [3.05, 3.63) is 0 Å². The van der Waals surface area contributed by atoms with Crippen molar-refractivity contribution in [3.8, 4) is 0 Å². The summed E-state index contributed by atoms with van der Waals surface area (Å²) in [5, 5.41) is 19.7. The highest BCUT2D eigenvalue weighted by Gasteiger charge is 2.28. The Labute approximate surface area is 100 Å². The Kier molecular flexibility index (Phi) is 5.41. The van der Waals surface area contributed by atoms with Gasteiger partial charge in [0.25, 0.3) is 0 Å². The zero-order valence-corrected chi connectivity index (χ0v) is 9.77. The van der Waals surface area contributed by atoms with Crippen LogP contribution >= 0.6 is 0 Å². The predicted octanol–water partition coefficient (Wildman–Crippen LogP) is -0.596. The molecule has 1 amide bonds. The van der Waals surface area contributed by atoms with E-state index in [2.05, 4.69) is 5.32 Å². The van der Waals surface area contributed by atoms with E-state index in [1.54, 1.807) is 19.6 Å². The van der Waals surface area contributed by atoms with E-state index in [1.165, 1.54) is 0 Å². The zero-order chi connectivity index (χ0) is 14.3. The maximum Gasteiger partial charge on any atom is 0.326 e.